The van der Waals surface area contributed by atoms with Gasteiger partial charge >= 0.3 is 0 Å². The third-order valence-corrected chi connectivity index (χ3v) is 3.65. The number of hydrogen-bond donors (Lipinski definition) is 2. The molecule has 0 amide bonds. The summed E-state index contributed by atoms with van der Waals surface area (Å²) < 4.78 is 5.32. The van der Waals surface area contributed by atoms with E-state index >= 15 is 0 Å². The van der Waals surface area contributed by atoms with E-state index in [4.69, 9.17) is 4.74 Å². The van der Waals surface area contributed by atoms with Crippen LogP contribution in [-0.2, 0) is 4.74 Å². The number of nitrogens with zero attached hydrogens (tertiary/aromatic N) is 4. The van der Waals surface area contributed by atoms with Crippen LogP contribution in [0.2, 0.25) is 0 Å². The van der Waals surface area contributed by atoms with Crippen LogP contribution >= 0.6 is 0 Å². The first-order valence-corrected chi connectivity index (χ1v) is 7.47. The second-order valence-corrected chi connectivity index (χ2v) is 5.83. The molecule has 0 aliphatic carbocycles. The predicted molar refractivity (Wildman–Crippen MR) is 83.7 cm³/mol. The highest BCUT2D eigenvalue weighted by atomic mass is 16.5. The van der Waals surface area contributed by atoms with Gasteiger partial charge in [0.15, 0.2) is 5.65 Å². The molecular weight excluding hydrogens is 282 g/mol. The first kappa shape index (κ1) is 15.1. The van der Waals surface area contributed by atoms with Crippen LogP contribution in [0.1, 0.15) is 6.92 Å². The van der Waals surface area contributed by atoms with Gasteiger partial charge in [-0.1, -0.05) is 0 Å². The minimum Gasteiger partial charge on any atom is -0.387 e. The fourth-order valence-electron chi connectivity index (χ4n) is 2.53. The van der Waals surface area contributed by atoms with Gasteiger partial charge in [-0.15, -0.1) is 0 Å². The fourth-order valence-corrected chi connectivity index (χ4v) is 2.53. The number of aliphatic hydroxyl groups is 1. The Morgan fingerprint density at radius 1 is 1.27 bits per heavy atom. The molecule has 1 aliphatic heterocycles. The van der Waals surface area contributed by atoms with Crippen LogP contribution in [0.3, 0.4) is 0 Å². The number of rotatable bonds is 5. The molecule has 2 aromatic heterocycles. The lowest BCUT2D eigenvalue weighted by molar-refractivity contribution is -0.0164. The highest BCUT2D eigenvalue weighted by Crippen LogP contribution is 2.13. The van der Waals surface area contributed by atoms with Crippen LogP contribution in [0.4, 0.5) is 5.82 Å². The number of morpholine rings is 1. The van der Waals surface area contributed by atoms with Crippen LogP contribution in [0.5, 0.6) is 0 Å². The van der Waals surface area contributed by atoms with Crippen molar-refractivity contribution < 1.29 is 9.84 Å². The average molecular weight is 303 g/mol. The van der Waals surface area contributed by atoms with Crippen molar-refractivity contribution in [3.05, 3.63) is 24.5 Å². The maximum atomic E-state index is 10.5. The molecule has 118 valence electrons. The van der Waals surface area contributed by atoms with Gasteiger partial charge in [0.25, 0.3) is 0 Å². The quantitative estimate of drug-likeness (QED) is 0.833. The molecule has 1 fully saturated rings. The Hall–Kier alpha value is -1.83. The Morgan fingerprint density at radius 2 is 2.05 bits per heavy atom. The lowest BCUT2D eigenvalue weighted by atomic mass is 10.1. The molecule has 0 radical (unpaired) electrons. The third kappa shape index (κ3) is 3.88. The monoisotopic (exact) mass is 303 g/mol. The van der Waals surface area contributed by atoms with Crippen LogP contribution in [0.25, 0.3) is 11.2 Å². The highest BCUT2D eigenvalue weighted by molar-refractivity contribution is 5.71. The van der Waals surface area contributed by atoms with E-state index in [-0.39, 0.29) is 0 Å². The largest absolute Gasteiger partial charge is 0.387 e. The molecule has 7 nitrogen and oxygen atoms in total. The molecule has 0 saturated carbocycles. The molecule has 3 heterocycles. The summed E-state index contributed by atoms with van der Waals surface area (Å²) in [6.07, 6.45) is 3.26. The van der Waals surface area contributed by atoms with Gasteiger partial charge in [-0.05, 0) is 19.1 Å². The van der Waals surface area contributed by atoms with Gasteiger partial charge in [0, 0.05) is 38.6 Å². The van der Waals surface area contributed by atoms with Gasteiger partial charge in [-0.2, -0.15) is 0 Å². The number of hydrogen-bond acceptors (Lipinski definition) is 7. The molecule has 1 aliphatic rings. The Bertz CT molecular complexity index is 628. The third-order valence-electron chi connectivity index (χ3n) is 3.65. The van der Waals surface area contributed by atoms with E-state index in [0.717, 1.165) is 31.8 Å². The van der Waals surface area contributed by atoms with E-state index < -0.39 is 5.60 Å². The maximum absolute atomic E-state index is 10.5. The highest BCUT2D eigenvalue weighted by Gasteiger charge is 2.25. The summed E-state index contributed by atoms with van der Waals surface area (Å²) in [5.74, 6) is 0.690. The molecule has 2 N–H and O–H groups in total. The van der Waals surface area contributed by atoms with Gasteiger partial charge in [-0.25, -0.2) is 9.97 Å². The van der Waals surface area contributed by atoms with Crippen LogP contribution in [0.15, 0.2) is 24.5 Å². The Balaban J connectivity index is 1.59. The summed E-state index contributed by atoms with van der Waals surface area (Å²) in [5, 5.41) is 13.7. The minimum atomic E-state index is -0.837. The zero-order valence-electron chi connectivity index (χ0n) is 12.7. The van der Waals surface area contributed by atoms with Crippen molar-refractivity contribution in [2.24, 2.45) is 0 Å². The van der Waals surface area contributed by atoms with Crippen molar-refractivity contribution in [2.45, 2.75) is 12.5 Å². The van der Waals surface area contributed by atoms with E-state index in [0.29, 0.717) is 24.6 Å². The minimum absolute atomic E-state index is 0.420. The van der Waals surface area contributed by atoms with Gasteiger partial charge < -0.3 is 15.2 Å². The first-order valence-electron chi connectivity index (χ1n) is 7.47. The average Bonchev–Trinajstić information content (AvgIpc) is 2.53. The molecular formula is C15H21N5O2. The molecule has 1 saturated heterocycles. The molecule has 0 aromatic carbocycles. The molecule has 7 heteroatoms. The number of aromatic nitrogens is 3. The van der Waals surface area contributed by atoms with Crippen molar-refractivity contribution in [1.29, 1.82) is 0 Å². The van der Waals surface area contributed by atoms with E-state index in [1.54, 1.807) is 12.4 Å². The molecule has 3 rings (SSSR count). The second-order valence-electron chi connectivity index (χ2n) is 5.83. The number of ether oxygens (including phenoxy) is 1. The van der Waals surface area contributed by atoms with E-state index in [9.17, 15) is 5.11 Å². The summed E-state index contributed by atoms with van der Waals surface area (Å²) in [6.45, 7) is 6.04. The van der Waals surface area contributed by atoms with Crippen molar-refractivity contribution in [3.8, 4) is 0 Å². The van der Waals surface area contributed by atoms with Crippen molar-refractivity contribution >= 4 is 17.0 Å². The zero-order valence-corrected chi connectivity index (χ0v) is 12.7. The molecule has 0 bridgehead atoms. The lowest BCUT2D eigenvalue weighted by Crippen LogP contribution is -2.49. The zero-order chi connectivity index (χ0) is 15.4. The van der Waals surface area contributed by atoms with Gasteiger partial charge in [0.1, 0.15) is 11.3 Å². The van der Waals surface area contributed by atoms with Crippen LogP contribution < -0.4 is 5.32 Å². The van der Waals surface area contributed by atoms with E-state index in [1.807, 2.05) is 19.1 Å². The van der Waals surface area contributed by atoms with E-state index in [2.05, 4.69) is 25.2 Å². The van der Waals surface area contributed by atoms with Gasteiger partial charge in [-0.3, -0.25) is 9.88 Å². The van der Waals surface area contributed by atoms with Crippen LogP contribution in [-0.4, -0.2) is 70.0 Å². The first-order chi connectivity index (χ1) is 10.6. The van der Waals surface area contributed by atoms with Gasteiger partial charge in [0.05, 0.1) is 18.8 Å². The molecule has 1 unspecified atom stereocenters. The summed E-state index contributed by atoms with van der Waals surface area (Å²) in [5.41, 5.74) is 0.518. The smallest absolute Gasteiger partial charge is 0.180 e. The number of nitrogens with one attached hydrogen (secondary N) is 1. The molecule has 0 spiro atoms. The summed E-state index contributed by atoms with van der Waals surface area (Å²) >= 11 is 0. The van der Waals surface area contributed by atoms with Gasteiger partial charge in [0.2, 0.25) is 0 Å². The summed E-state index contributed by atoms with van der Waals surface area (Å²) in [4.78, 5) is 15.0. The summed E-state index contributed by atoms with van der Waals surface area (Å²) in [6, 6.07) is 3.72. The van der Waals surface area contributed by atoms with Crippen molar-refractivity contribution in [2.75, 3.05) is 44.7 Å². The normalized spacial score (nSPS) is 19.0. The fraction of sp³-hybridized carbons (Fsp3) is 0.533. The predicted octanol–water partition coefficient (Wildman–Crippen LogP) is 0.520. The molecule has 2 aromatic rings. The van der Waals surface area contributed by atoms with Crippen LogP contribution in [0, 0.1) is 0 Å². The van der Waals surface area contributed by atoms with Crippen molar-refractivity contribution in [3.63, 3.8) is 0 Å². The van der Waals surface area contributed by atoms with E-state index in [1.165, 1.54) is 0 Å². The lowest BCUT2D eigenvalue weighted by Gasteiger charge is -2.34. The summed E-state index contributed by atoms with van der Waals surface area (Å²) in [7, 11) is 0. The number of anilines is 1. The SMILES string of the molecule is CC(O)(CNc1ccc2nccnc2n1)CN1CCOCC1. The Labute approximate surface area is 129 Å². The number of pyridine rings is 1. The second kappa shape index (κ2) is 6.51. The van der Waals surface area contributed by atoms with Crippen molar-refractivity contribution in [1.82, 2.24) is 19.9 Å². The standard InChI is InChI=1S/C15H21N5O2/c1-15(21,11-20-6-8-22-9-7-20)10-18-13-3-2-12-14(19-13)17-5-4-16-12/h2-5,21H,6-11H2,1H3,(H,17,18,19). The maximum Gasteiger partial charge on any atom is 0.180 e. The number of β-amino-alcohol motifs (C(OH)–C–C–N with tert-alkyl or cyclic N) is 1. The topological polar surface area (TPSA) is 83.4 Å². The Morgan fingerprint density at radius 3 is 2.86 bits per heavy atom. The Kier molecular flexibility index (Phi) is 4.47. The molecule has 22 heavy (non-hydrogen) atoms. The number of fused-ring (bicyclic) bond motifs is 1. The molecule has 1 atom stereocenters.